The Bertz CT molecular complexity index is 1110. The highest BCUT2D eigenvalue weighted by molar-refractivity contribution is 6.01. The monoisotopic (exact) mass is 631 g/mol. The first-order chi connectivity index (χ1) is 20.9. The Morgan fingerprint density at radius 3 is 1.93 bits per heavy atom. The van der Waals surface area contributed by atoms with Crippen LogP contribution >= 0.6 is 0 Å². The number of rotatable bonds is 10. The van der Waals surface area contributed by atoms with Crippen LogP contribution in [0.2, 0.25) is 0 Å². The van der Waals surface area contributed by atoms with Crippen LogP contribution < -0.4 is 17.2 Å². The van der Waals surface area contributed by atoms with Gasteiger partial charge in [0.2, 0.25) is 0 Å². The van der Waals surface area contributed by atoms with Gasteiger partial charge in [0.15, 0.2) is 30.3 Å². The average molecular weight is 632 g/mol. The van der Waals surface area contributed by atoms with E-state index in [0.29, 0.717) is 5.56 Å². The van der Waals surface area contributed by atoms with Crippen LogP contribution in [-0.2, 0) is 28.5 Å². The number of ether oxygens (including phenoxy) is 5. The van der Waals surface area contributed by atoms with E-state index >= 15 is 0 Å². The molecule has 0 saturated carbocycles. The lowest BCUT2D eigenvalue weighted by atomic mass is 9.82. The fourth-order valence-electron chi connectivity index (χ4n) is 5.37. The van der Waals surface area contributed by atoms with E-state index in [9.17, 15) is 45.6 Å². The SMILES string of the molecule is N[C@H]1[C@@H](OC2[C@@H](CO)O[C@@H](OC3[C@@H](CO)O[C@@H](O)[C@H](N)[C@H]3O)[C@H](N)[C@H]2O)O[C@@](CO)(C(=O)/C=C/c2ccccc2)[C@@H](O)[C@@H]1O. The minimum Gasteiger partial charge on any atom is -0.394 e. The van der Waals surface area contributed by atoms with Crippen LogP contribution in [0.1, 0.15) is 5.56 Å². The molecule has 3 aliphatic rings. The molecule has 0 aromatic heterocycles. The van der Waals surface area contributed by atoms with Crippen molar-refractivity contribution in [3.8, 4) is 0 Å². The molecule has 17 heteroatoms. The maximum Gasteiger partial charge on any atom is 0.192 e. The van der Waals surface area contributed by atoms with Crippen LogP contribution in [0.4, 0.5) is 0 Å². The third-order valence-electron chi connectivity index (χ3n) is 8.12. The van der Waals surface area contributed by atoms with Crippen molar-refractivity contribution in [3.05, 3.63) is 42.0 Å². The number of aliphatic hydroxyl groups is 8. The van der Waals surface area contributed by atoms with Gasteiger partial charge in [-0.05, 0) is 11.6 Å². The van der Waals surface area contributed by atoms with Crippen molar-refractivity contribution in [2.45, 2.75) is 91.4 Å². The molecule has 3 aliphatic heterocycles. The summed E-state index contributed by atoms with van der Waals surface area (Å²) < 4.78 is 28.1. The quantitative estimate of drug-likeness (QED) is 0.107. The molecular weight excluding hydrogens is 590 g/mol. The summed E-state index contributed by atoms with van der Waals surface area (Å²) in [5.41, 5.74) is 16.1. The van der Waals surface area contributed by atoms with Gasteiger partial charge >= 0.3 is 0 Å². The summed E-state index contributed by atoms with van der Waals surface area (Å²) >= 11 is 0. The van der Waals surface area contributed by atoms with Gasteiger partial charge in [-0.25, -0.2) is 0 Å². The Labute approximate surface area is 251 Å². The van der Waals surface area contributed by atoms with E-state index in [4.69, 9.17) is 40.9 Å². The van der Waals surface area contributed by atoms with Gasteiger partial charge in [-0.1, -0.05) is 36.4 Å². The molecule has 1 aromatic rings. The molecule has 0 bridgehead atoms. The number of nitrogens with two attached hydrogens (primary N) is 3. The maximum atomic E-state index is 13.3. The molecule has 2 unspecified atom stereocenters. The van der Waals surface area contributed by atoms with E-state index in [1.165, 1.54) is 6.08 Å². The number of hydrogen-bond donors (Lipinski definition) is 11. The zero-order valence-electron chi connectivity index (χ0n) is 23.5. The largest absolute Gasteiger partial charge is 0.394 e. The van der Waals surface area contributed by atoms with Gasteiger partial charge in [-0.3, -0.25) is 4.79 Å². The molecule has 17 nitrogen and oxygen atoms in total. The average Bonchev–Trinajstić information content (AvgIpc) is 3.03. The molecule has 0 spiro atoms. The number of ketones is 1. The Balaban J connectivity index is 1.52. The van der Waals surface area contributed by atoms with Crippen LogP contribution in [0.5, 0.6) is 0 Å². The van der Waals surface area contributed by atoms with Gasteiger partial charge in [-0.15, -0.1) is 0 Å². The molecular formula is C27H41N3O14. The minimum absolute atomic E-state index is 0.624. The summed E-state index contributed by atoms with van der Waals surface area (Å²) in [4.78, 5) is 13.3. The van der Waals surface area contributed by atoms with Crippen molar-refractivity contribution < 1.29 is 69.3 Å². The highest BCUT2D eigenvalue weighted by Gasteiger charge is 2.58. The predicted molar refractivity (Wildman–Crippen MR) is 147 cm³/mol. The van der Waals surface area contributed by atoms with Crippen LogP contribution in [-0.4, -0.2) is 158 Å². The summed E-state index contributed by atoms with van der Waals surface area (Å²) in [6.07, 6.45) is -15.0. The van der Waals surface area contributed by atoms with Crippen LogP contribution in [0.25, 0.3) is 6.08 Å². The van der Waals surface area contributed by atoms with Gasteiger partial charge in [0, 0.05) is 0 Å². The number of carbonyl (C=O) groups excluding carboxylic acids is 1. The lowest BCUT2D eigenvalue weighted by Gasteiger charge is -2.50. The molecule has 248 valence electrons. The molecule has 4 rings (SSSR count). The first kappa shape index (κ1) is 34.9. The Kier molecular flexibility index (Phi) is 11.6. The molecule has 14 N–H and O–H groups in total. The van der Waals surface area contributed by atoms with Crippen molar-refractivity contribution in [3.63, 3.8) is 0 Å². The number of aliphatic hydroxyl groups excluding tert-OH is 8. The standard InChI is InChI=1S/C27H41N3O14/c28-15-18(35)21(12(8-31)40-24(15)39)42-25-16(29)19(36)22(13(9-32)41-25)43-26-17(30)20(37)23(38)27(10-33,44-26)14(34)7-6-11-4-2-1-3-5-11/h1-7,12-13,15-26,31-33,35-39H,8-10,28-30H2/b7-6+/t12-,13-,15-,16-,17-,18-,19-,20-,21?,22?,23+,24-,25+,26+,27+/m1/s1. The molecule has 3 fully saturated rings. The van der Waals surface area contributed by atoms with Crippen LogP contribution in [0.3, 0.4) is 0 Å². The summed E-state index contributed by atoms with van der Waals surface area (Å²) in [5, 5.41) is 82.9. The lowest BCUT2D eigenvalue weighted by Crippen LogP contribution is -2.73. The van der Waals surface area contributed by atoms with Gasteiger partial charge < -0.3 is 81.7 Å². The summed E-state index contributed by atoms with van der Waals surface area (Å²) in [5.74, 6) is -0.921. The highest BCUT2D eigenvalue weighted by Crippen LogP contribution is 2.35. The Morgan fingerprint density at radius 1 is 0.795 bits per heavy atom. The third-order valence-corrected chi connectivity index (χ3v) is 8.12. The topological polar surface area (TPSA) is 303 Å². The van der Waals surface area contributed by atoms with Gasteiger partial charge in [-0.2, -0.15) is 0 Å². The van der Waals surface area contributed by atoms with Crippen molar-refractivity contribution in [2.24, 2.45) is 17.2 Å². The Morgan fingerprint density at radius 2 is 1.34 bits per heavy atom. The van der Waals surface area contributed by atoms with Crippen molar-refractivity contribution in [1.29, 1.82) is 0 Å². The third kappa shape index (κ3) is 6.74. The van der Waals surface area contributed by atoms with Gasteiger partial charge in [0.1, 0.15) is 48.8 Å². The molecule has 1 aromatic carbocycles. The van der Waals surface area contributed by atoms with E-state index < -0.39 is 117 Å². The normalized spacial score (nSPS) is 45.0. The van der Waals surface area contributed by atoms with E-state index in [-0.39, 0.29) is 0 Å². The van der Waals surface area contributed by atoms with Crippen LogP contribution in [0.15, 0.2) is 36.4 Å². The zero-order valence-corrected chi connectivity index (χ0v) is 23.5. The fourth-order valence-corrected chi connectivity index (χ4v) is 5.37. The van der Waals surface area contributed by atoms with Gasteiger partial charge in [0.05, 0.1) is 37.9 Å². The van der Waals surface area contributed by atoms with E-state index in [0.717, 1.165) is 6.08 Å². The van der Waals surface area contributed by atoms with Crippen molar-refractivity contribution in [2.75, 3.05) is 19.8 Å². The number of benzene rings is 1. The van der Waals surface area contributed by atoms with Crippen molar-refractivity contribution in [1.82, 2.24) is 0 Å². The first-order valence-corrected chi connectivity index (χ1v) is 14.0. The number of hydrogen-bond acceptors (Lipinski definition) is 17. The van der Waals surface area contributed by atoms with E-state index in [2.05, 4.69) is 0 Å². The second-order valence-corrected chi connectivity index (χ2v) is 11.0. The first-order valence-electron chi connectivity index (χ1n) is 14.0. The summed E-state index contributed by atoms with van der Waals surface area (Å²) in [6.45, 7) is -2.58. The predicted octanol–water partition coefficient (Wildman–Crippen LogP) is -6.02. The maximum absolute atomic E-state index is 13.3. The highest BCUT2D eigenvalue weighted by atomic mass is 16.7. The number of carbonyl (C=O) groups is 1. The van der Waals surface area contributed by atoms with Crippen LogP contribution in [0, 0.1) is 0 Å². The smallest absolute Gasteiger partial charge is 0.192 e. The van der Waals surface area contributed by atoms with E-state index in [1.807, 2.05) is 0 Å². The molecule has 0 amide bonds. The fraction of sp³-hybridized carbons (Fsp3) is 0.667. The zero-order chi connectivity index (χ0) is 32.3. The molecule has 3 saturated heterocycles. The molecule has 3 heterocycles. The van der Waals surface area contributed by atoms with E-state index in [1.54, 1.807) is 30.3 Å². The summed E-state index contributed by atoms with van der Waals surface area (Å²) in [7, 11) is 0. The molecule has 0 aliphatic carbocycles. The molecule has 0 radical (unpaired) electrons. The molecule has 44 heavy (non-hydrogen) atoms. The Hall–Kier alpha value is -2.01. The second kappa shape index (κ2) is 14.6. The second-order valence-electron chi connectivity index (χ2n) is 11.0. The minimum atomic E-state index is -2.42. The lowest BCUT2D eigenvalue weighted by molar-refractivity contribution is -0.355. The summed E-state index contributed by atoms with van der Waals surface area (Å²) in [6, 6.07) is 4.37. The molecule has 15 atom stereocenters. The van der Waals surface area contributed by atoms with Crippen molar-refractivity contribution >= 4 is 11.9 Å². The van der Waals surface area contributed by atoms with Gasteiger partial charge in [0.25, 0.3) is 0 Å².